The molecule has 1 aliphatic rings. The van der Waals surface area contributed by atoms with Crippen molar-refractivity contribution in [3.05, 3.63) is 11.6 Å². The van der Waals surface area contributed by atoms with Crippen molar-refractivity contribution in [1.82, 2.24) is 5.32 Å². The lowest BCUT2D eigenvalue weighted by Crippen LogP contribution is -2.10. The van der Waals surface area contributed by atoms with Crippen molar-refractivity contribution >= 4 is 27.3 Å². The van der Waals surface area contributed by atoms with Crippen molar-refractivity contribution in [2.24, 2.45) is 0 Å². The summed E-state index contributed by atoms with van der Waals surface area (Å²) in [7, 11) is -1.03. The van der Waals surface area contributed by atoms with Gasteiger partial charge in [-0.05, 0) is 12.2 Å². The van der Waals surface area contributed by atoms with E-state index >= 15 is 0 Å². The molecule has 4 heteroatoms. The van der Waals surface area contributed by atoms with Gasteiger partial charge in [0, 0.05) is 11.6 Å². The van der Waals surface area contributed by atoms with Gasteiger partial charge in [-0.3, -0.25) is 0 Å². The Hall–Kier alpha value is -0.220. The van der Waals surface area contributed by atoms with Gasteiger partial charge in [-0.2, -0.15) is 0 Å². The van der Waals surface area contributed by atoms with Gasteiger partial charge in [0.1, 0.15) is 10.8 Å². The van der Waals surface area contributed by atoms with E-state index in [0.29, 0.717) is 4.32 Å². The molecule has 0 fully saturated rings. The normalized spacial score (nSPS) is 28.0. The van der Waals surface area contributed by atoms with Crippen LogP contribution in [0.5, 0.6) is 0 Å². The highest BCUT2D eigenvalue weighted by molar-refractivity contribution is 8.15. The Morgan fingerprint density at radius 2 is 2.57 bits per heavy atom. The smallest absolute Gasteiger partial charge is 0.173 e. The fraction of sp³-hybridized carbons (Fsp3) is 0. The minimum Gasteiger partial charge on any atom is -0.345 e. The monoisotopic (exact) mass is 133 g/mol. The molecule has 1 atom stereocenters. The maximum absolute atomic E-state index is 10.4. The topological polar surface area (TPSA) is 29.1 Å². The van der Waals surface area contributed by atoms with E-state index in [2.05, 4.69) is 17.5 Å². The summed E-state index contributed by atoms with van der Waals surface area (Å²) in [5.74, 6) is 0. The number of thiocarbonyl (C=S) groups is 1. The summed E-state index contributed by atoms with van der Waals surface area (Å²) in [4.78, 5) is 0. The largest absolute Gasteiger partial charge is 0.345 e. The van der Waals surface area contributed by atoms with Gasteiger partial charge in [0.2, 0.25) is 0 Å². The quantitative estimate of drug-likeness (QED) is 0.475. The van der Waals surface area contributed by atoms with E-state index in [1.54, 1.807) is 6.20 Å². The highest BCUT2D eigenvalue weighted by Crippen LogP contribution is 1.93. The van der Waals surface area contributed by atoms with Crippen LogP contribution in [0.4, 0.5) is 0 Å². The van der Waals surface area contributed by atoms with Crippen molar-refractivity contribution in [3.8, 4) is 0 Å². The lowest BCUT2D eigenvalue weighted by Gasteiger charge is -1.83. The molecule has 1 N–H and O–H groups in total. The van der Waals surface area contributed by atoms with Gasteiger partial charge < -0.3 is 5.32 Å². The van der Waals surface area contributed by atoms with Crippen LogP contribution < -0.4 is 5.32 Å². The summed E-state index contributed by atoms with van der Waals surface area (Å²) in [6.45, 7) is 0. The standard InChI is InChI=1S/C3H3NOS2/c5-7-2-1-4-3(7)6/h1-2H,(H,4,6). The molecule has 0 aliphatic carbocycles. The molecule has 1 unspecified atom stereocenters. The Balaban J connectivity index is 2.81. The Morgan fingerprint density at radius 3 is 2.71 bits per heavy atom. The van der Waals surface area contributed by atoms with Crippen molar-refractivity contribution in [1.29, 1.82) is 0 Å². The van der Waals surface area contributed by atoms with Crippen LogP contribution in [0, 0.1) is 0 Å². The molecule has 0 saturated heterocycles. The van der Waals surface area contributed by atoms with Crippen LogP contribution in [0.15, 0.2) is 11.6 Å². The fourth-order valence-electron chi connectivity index (χ4n) is 0.284. The second kappa shape index (κ2) is 1.71. The first-order valence-corrected chi connectivity index (χ1v) is 3.30. The highest BCUT2D eigenvalue weighted by Gasteiger charge is 2.05. The van der Waals surface area contributed by atoms with Crippen LogP contribution >= 0.6 is 12.2 Å². The van der Waals surface area contributed by atoms with Gasteiger partial charge in [0.25, 0.3) is 0 Å². The van der Waals surface area contributed by atoms with E-state index in [1.807, 2.05) is 0 Å². The minimum absolute atomic E-state index is 0.403. The first kappa shape index (κ1) is 4.93. The second-order valence-corrected chi connectivity index (χ2v) is 2.97. The lowest BCUT2D eigenvalue weighted by atomic mass is 11.0. The average Bonchev–Trinajstić information content (AvgIpc) is 1.91. The fourth-order valence-corrected chi connectivity index (χ4v) is 1.02. The van der Waals surface area contributed by atoms with Gasteiger partial charge in [-0.1, -0.05) is 0 Å². The van der Waals surface area contributed by atoms with Crippen LogP contribution in [0.2, 0.25) is 0 Å². The number of hydrogen-bond donors (Lipinski definition) is 1. The lowest BCUT2D eigenvalue weighted by molar-refractivity contribution is 0.695. The van der Waals surface area contributed by atoms with Crippen molar-refractivity contribution < 1.29 is 4.21 Å². The van der Waals surface area contributed by atoms with Gasteiger partial charge >= 0.3 is 0 Å². The third kappa shape index (κ3) is 0.863. The Kier molecular flexibility index (Phi) is 1.21. The van der Waals surface area contributed by atoms with Gasteiger partial charge in [0.05, 0.1) is 0 Å². The van der Waals surface area contributed by atoms with Gasteiger partial charge in [-0.15, -0.1) is 0 Å². The Bertz CT molecular complexity index is 151. The van der Waals surface area contributed by atoms with Crippen LogP contribution in [0.25, 0.3) is 0 Å². The van der Waals surface area contributed by atoms with E-state index < -0.39 is 10.8 Å². The number of rotatable bonds is 0. The van der Waals surface area contributed by atoms with Crippen LogP contribution in [-0.4, -0.2) is 8.53 Å². The SMILES string of the molecule is O=S1C=CNC1=S. The molecule has 0 aromatic heterocycles. The molecular formula is C3H3NOS2. The predicted molar refractivity (Wildman–Crippen MR) is 33.0 cm³/mol. The van der Waals surface area contributed by atoms with E-state index in [1.165, 1.54) is 5.41 Å². The Morgan fingerprint density at radius 1 is 1.86 bits per heavy atom. The summed E-state index contributed by atoms with van der Waals surface area (Å²) < 4.78 is 10.8. The molecular weight excluding hydrogens is 130 g/mol. The average molecular weight is 133 g/mol. The first-order valence-electron chi connectivity index (χ1n) is 1.68. The molecule has 1 heterocycles. The second-order valence-electron chi connectivity index (χ2n) is 1.03. The first-order chi connectivity index (χ1) is 3.30. The van der Waals surface area contributed by atoms with Crippen molar-refractivity contribution in [2.45, 2.75) is 0 Å². The van der Waals surface area contributed by atoms with Crippen LogP contribution in [-0.2, 0) is 10.8 Å². The summed E-state index contributed by atoms with van der Waals surface area (Å²) in [5, 5.41) is 4.14. The molecule has 1 rings (SSSR count). The van der Waals surface area contributed by atoms with E-state index in [-0.39, 0.29) is 0 Å². The Labute approximate surface area is 49.1 Å². The minimum atomic E-state index is -1.03. The molecule has 0 bridgehead atoms. The zero-order valence-electron chi connectivity index (χ0n) is 3.38. The molecule has 0 saturated carbocycles. The molecule has 0 aromatic carbocycles. The van der Waals surface area contributed by atoms with E-state index in [9.17, 15) is 4.21 Å². The molecule has 38 valence electrons. The third-order valence-corrected chi connectivity index (χ3v) is 2.05. The molecule has 0 radical (unpaired) electrons. The van der Waals surface area contributed by atoms with Crippen molar-refractivity contribution in [3.63, 3.8) is 0 Å². The molecule has 2 nitrogen and oxygen atoms in total. The zero-order chi connectivity index (χ0) is 5.28. The highest BCUT2D eigenvalue weighted by atomic mass is 32.2. The molecule has 7 heavy (non-hydrogen) atoms. The molecule has 0 aromatic rings. The zero-order valence-corrected chi connectivity index (χ0v) is 5.01. The predicted octanol–water partition coefficient (Wildman–Crippen LogP) is 0.0944. The van der Waals surface area contributed by atoms with E-state index in [4.69, 9.17) is 0 Å². The van der Waals surface area contributed by atoms with Crippen LogP contribution in [0.1, 0.15) is 0 Å². The van der Waals surface area contributed by atoms with Crippen molar-refractivity contribution in [2.75, 3.05) is 0 Å². The van der Waals surface area contributed by atoms with E-state index in [0.717, 1.165) is 0 Å². The van der Waals surface area contributed by atoms with Gasteiger partial charge in [0.15, 0.2) is 4.32 Å². The molecule has 0 amide bonds. The third-order valence-electron chi connectivity index (χ3n) is 0.576. The summed E-state index contributed by atoms with van der Waals surface area (Å²) in [5.41, 5.74) is 0. The molecule has 0 spiro atoms. The summed E-state index contributed by atoms with van der Waals surface area (Å²) in [6.07, 6.45) is 1.58. The molecule has 1 aliphatic heterocycles. The maximum atomic E-state index is 10.4. The number of hydrogen-bond acceptors (Lipinski definition) is 2. The maximum Gasteiger partial charge on any atom is 0.173 e. The van der Waals surface area contributed by atoms with Crippen LogP contribution in [0.3, 0.4) is 0 Å². The summed E-state index contributed by atoms with van der Waals surface area (Å²) >= 11 is 4.57. The number of nitrogens with one attached hydrogen (secondary N) is 1. The summed E-state index contributed by atoms with van der Waals surface area (Å²) in [6, 6.07) is 0. The van der Waals surface area contributed by atoms with Gasteiger partial charge in [-0.25, -0.2) is 4.21 Å².